The zero-order chi connectivity index (χ0) is 9.97. The van der Waals surface area contributed by atoms with Gasteiger partial charge in [0.05, 0.1) is 0 Å². The summed E-state index contributed by atoms with van der Waals surface area (Å²) < 4.78 is 4.79. The van der Waals surface area contributed by atoms with Gasteiger partial charge in [0.2, 0.25) is 5.82 Å². The second-order valence-electron chi connectivity index (χ2n) is 2.86. The van der Waals surface area contributed by atoms with Gasteiger partial charge in [-0.2, -0.15) is 4.98 Å². The molecule has 0 unspecified atom stereocenters. The Balaban J connectivity index is 2.44. The number of aliphatic hydroxyl groups excluding tert-OH is 1. The lowest BCUT2D eigenvalue weighted by Gasteiger charge is -1.96. The van der Waals surface area contributed by atoms with E-state index >= 15 is 0 Å². The molecule has 2 aromatic heterocycles. The first-order valence-electron chi connectivity index (χ1n) is 4.15. The predicted octanol–water partition coefficient (Wildman–Crippen LogP) is 0.932. The molecule has 0 aliphatic rings. The monoisotopic (exact) mass is 191 g/mol. The van der Waals surface area contributed by atoms with Crippen molar-refractivity contribution in [3.05, 3.63) is 29.9 Å². The summed E-state index contributed by atoms with van der Waals surface area (Å²) in [5.41, 5.74) is 1.83. The number of pyridine rings is 1. The van der Waals surface area contributed by atoms with Crippen molar-refractivity contribution >= 4 is 0 Å². The van der Waals surface area contributed by atoms with E-state index in [0.29, 0.717) is 5.82 Å². The number of nitrogens with zero attached hydrogens (tertiary/aromatic N) is 3. The maximum atomic E-state index is 8.76. The minimum Gasteiger partial charge on any atom is -0.387 e. The minimum atomic E-state index is -0.239. The van der Waals surface area contributed by atoms with E-state index in [0.717, 1.165) is 11.1 Å². The molecular weight excluding hydrogens is 182 g/mol. The second kappa shape index (κ2) is 3.55. The molecule has 0 atom stereocenters. The number of aliphatic hydroxyl groups is 1. The molecule has 0 spiro atoms. The van der Waals surface area contributed by atoms with Crippen molar-refractivity contribution in [2.24, 2.45) is 0 Å². The molecule has 0 radical (unpaired) electrons. The Kier molecular flexibility index (Phi) is 2.24. The Morgan fingerprint density at radius 3 is 3.00 bits per heavy atom. The standard InChI is InChI=1S/C9H9N3O2/c1-6-4-10-3-2-7(6)9-11-8(5-13)14-12-9/h2-4,13H,5H2,1H3. The average molecular weight is 191 g/mol. The van der Waals surface area contributed by atoms with Crippen LogP contribution in [0.15, 0.2) is 23.0 Å². The summed E-state index contributed by atoms with van der Waals surface area (Å²) in [6.45, 7) is 1.68. The first-order valence-corrected chi connectivity index (χ1v) is 4.15. The van der Waals surface area contributed by atoms with Crippen LogP contribution in [0.3, 0.4) is 0 Å². The predicted molar refractivity (Wildman–Crippen MR) is 48.2 cm³/mol. The summed E-state index contributed by atoms with van der Waals surface area (Å²) in [5.74, 6) is 0.699. The molecule has 1 N–H and O–H groups in total. The molecule has 0 bridgehead atoms. The van der Waals surface area contributed by atoms with Crippen LogP contribution >= 0.6 is 0 Å². The first-order chi connectivity index (χ1) is 6.81. The van der Waals surface area contributed by atoms with Crippen LogP contribution in [-0.4, -0.2) is 20.2 Å². The van der Waals surface area contributed by atoms with Crippen molar-refractivity contribution in [2.75, 3.05) is 0 Å². The highest BCUT2D eigenvalue weighted by atomic mass is 16.5. The average Bonchev–Trinajstić information content (AvgIpc) is 2.67. The smallest absolute Gasteiger partial charge is 0.252 e. The van der Waals surface area contributed by atoms with Gasteiger partial charge in [0.15, 0.2) is 0 Å². The molecule has 72 valence electrons. The molecule has 5 heteroatoms. The Morgan fingerprint density at radius 1 is 1.50 bits per heavy atom. The fourth-order valence-corrected chi connectivity index (χ4v) is 1.15. The number of hydrogen-bond acceptors (Lipinski definition) is 5. The minimum absolute atomic E-state index is 0.219. The van der Waals surface area contributed by atoms with E-state index in [9.17, 15) is 0 Å². The number of aryl methyl sites for hydroxylation is 1. The van der Waals surface area contributed by atoms with Gasteiger partial charge in [-0.05, 0) is 18.6 Å². The van der Waals surface area contributed by atoms with Crippen LogP contribution in [0.25, 0.3) is 11.4 Å². The van der Waals surface area contributed by atoms with Gasteiger partial charge in [0.1, 0.15) is 6.61 Å². The third-order valence-electron chi connectivity index (χ3n) is 1.86. The molecule has 0 saturated heterocycles. The first kappa shape index (κ1) is 8.83. The van der Waals surface area contributed by atoms with E-state index in [1.165, 1.54) is 0 Å². The molecule has 5 nitrogen and oxygen atoms in total. The highest BCUT2D eigenvalue weighted by molar-refractivity contribution is 5.57. The van der Waals surface area contributed by atoms with Crippen LogP contribution in [0, 0.1) is 6.92 Å². The van der Waals surface area contributed by atoms with Crippen LogP contribution in [-0.2, 0) is 6.61 Å². The molecule has 0 aliphatic carbocycles. The molecule has 0 aliphatic heterocycles. The molecule has 14 heavy (non-hydrogen) atoms. The summed E-state index contributed by atoms with van der Waals surface area (Å²) in [6.07, 6.45) is 3.39. The largest absolute Gasteiger partial charge is 0.387 e. The topological polar surface area (TPSA) is 72.0 Å². The number of hydrogen-bond donors (Lipinski definition) is 1. The quantitative estimate of drug-likeness (QED) is 0.764. The van der Waals surface area contributed by atoms with E-state index in [1.54, 1.807) is 18.5 Å². The normalized spacial score (nSPS) is 10.4. The third-order valence-corrected chi connectivity index (χ3v) is 1.86. The van der Waals surface area contributed by atoms with Gasteiger partial charge < -0.3 is 9.63 Å². The van der Waals surface area contributed by atoms with Gasteiger partial charge in [-0.15, -0.1) is 0 Å². The van der Waals surface area contributed by atoms with Gasteiger partial charge in [-0.3, -0.25) is 4.98 Å². The number of rotatable bonds is 2. The van der Waals surface area contributed by atoms with Gasteiger partial charge in [0.25, 0.3) is 5.89 Å². The van der Waals surface area contributed by atoms with Gasteiger partial charge in [0, 0.05) is 18.0 Å². The highest BCUT2D eigenvalue weighted by Gasteiger charge is 2.09. The Morgan fingerprint density at radius 2 is 2.36 bits per heavy atom. The van der Waals surface area contributed by atoms with E-state index < -0.39 is 0 Å². The Hall–Kier alpha value is -1.75. The van der Waals surface area contributed by atoms with Crippen LogP contribution in [0.4, 0.5) is 0 Å². The third kappa shape index (κ3) is 1.49. The van der Waals surface area contributed by atoms with Crippen molar-refractivity contribution in [1.82, 2.24) is 15.1 Å². The van der Waals surface area contributed by atoms with Gasteiger partial charge >= 0.3 is 0 Å². The fraction of sp³-hybridized carbons (Fsp3) is 0.222. The molecule has 0 aromatic carbocycles. The lowest BCUT2D eigenvalue weighted by atomic mass is 10.1. The lowest BCUT2D eigenvalue weighted by Crippen LogP contribution is -1.87. The second-order valence-corrected chi connectivity index (χ2v) is 2.86. The Labute approximate surface area is 80.4 Å². The maximum absolute atomic E-state index is 8.76. The molecule has 2 aromatic rings. The molecular formula is C9H9N3O2. The molecule has 2 rings (SSSR count). The summed E-state index contributed by atoms with van der Waals surface area (Å²) in [4.78, 5) is 7.97. The van der Waals surface area contributed by atoms with Crippen LogP contribution in [0.5, 0.6) is 0 Å². The fourth-order valence-electron chi connectivity index (χ4n) is 1.15. The Bertz CT molecular complexity index is 439. The van der Waals surface area contributed by atoms with E-state index in [-0.39, 0.29) is 12.5 Å². The lowest BCUT2D eigenvalue weighted by molar-refractivity contribution is 0.222. The summed E-state index contributed by atoms with van der Waals surface area (Å²) >= 11 is 0. The summed E-state index contributed by atoms with van der Waals surface area (Å²) in [7, 11) is 0. The van der Waals surface area contributed by atoms with E-state index in [2.05, 4.69) is 15.1 Å². The van der Waals surface area contributed by atoms with Crippen LogP contribution in [0.1, 0.15) is 11.5 Å². The van der Waals surface area contributed by atoms with Crippen molar-refractivity contribution < 1.29 is 9.63 Å². The van der Waals surface area contributed by atoms with E-state index in [1.807, 2.05) is 6.92 Å². The maximum Gasteiger partial charge on any atom is 0.252 e. The van der Waals surface area contributed by atoms with Gasteiger partial charge in [-0.25, -0.2) is 0 Å². The number of aromatic nitrogens is 3. The van der Waals surface area contributed by atoms with E-state index in [4.69, 9.17) is 9.63 Å². The highest BCUT2D eigenvalue weighted by Crippen LogP contribution is 2.18. The van der Waals surface area contributed by atoms with Crippen LogP contribution < -0.4 is 0 Å². The zero-order valence-electron chi connectivity index (χ0n) is 7.64. The van der Waals surface area contributed by atoms with Crippen molar-refractivity contribution in [3.63, 3.8) is 0 Å². The van der Waals surface area contributed by atoms with Crippen molar-refractivity contribution in [2.45, 2.75) is 13.5 Å². The van der Waals surface area contributed by atoms with Crippen LogP contribution in [0.2, 0.25) is 0 Å². The zero-order valence-corrected chi connectivity index (χ0v) is 7.64. The van der Waals surface area contributed by atoms with Crippen molar-refractivity contribution in [1.29, 1.82) is 0 Å². The molecule has 2 heterocycles. The molecule has 0 fully saturated rings. The van der Waals surface area contributed by atoms with Gasteiger partial charge in [-0.1, -0.05) is 5.16 Å². The van der Waals surface area contributed by atoms with Crippen molar-refractivity contribution in [3.8, 4) is 11.4 Å². The summed E-state index contributed by atoms with van der Waals surface area (Å²) in [5, 5.41) is 12.5. The SMILES string of the molecule is Cc1cnccc1-c1noc(CO)n1. The molecule has 0 saturated carbocycles. The summed E-state index contributed by atoms with van der Waals surface area (Å²) in [6, 6.07) is 1.81. The molecule has 0 amide bonds.